The molecule has 5 nitrogen and oxygen atoms in total. The van der Waals surface area contributed by atoms with Crippen LogP contribution in [0.2, 0.25) is 0 Å². The van der Waals surface area contributed by atoms with E-state index in [4.69, 9.17) is 4.98 Å². The molecule has 2 aliphatic rings. The van der Waals surface area contributed by atoms with Crippen molar-refractivity contribution < 1.29 is 9.59 Å². The Labute approximate surface area is 167 Å². The zero-order chi connectivity index (χ0) is 19.1. The molecule has 142 valence electrons. The molecular weight excluding hydrogens is 370 g/mol. The van der Waals surface area contributed by atoms with E-state index in [-0.39, 0.29) is 17.9 Å². The molecule has 28 heavy (non-hydrogen) atoms. The highest BCUT2D eigenvalue weighted by Crippen LogP contribution is 2.37. The molecule has 0 bridgehead atoms. The molecule has 5 rings (SSSR count). The fraction of sp³-hybridized carbons (Fsp3) is 0.318. The normalized spacial score (nSPS) is 19.4. The number of nitrogens with one attached hydrogen (secondary N) is 1. The number of para-hydroxylation sites is 1. The molecule has 0 saturated carbocycles. The number of rotatable bonds is 2. The SMILES string of the molecule is O=C1CCCc2cc(C(=O)N3CCCC3c3nc4ccccc4s3)ccc2N1. The maximum absolute atomic E-state index is 13.3. The van der Waals surface area contributed by atoms with E-state index in [1.165, 1.54) is 0 Å². The Balaban J connectivity index is 1.44. The molecule has 1 N–H and O–H groups in total. The Morgan fingerprint density at radius 3 is 2.93 bits per heavy atom. The van der Waals surface area contributed by atoms with Crippen molar-refractivity contribution in [2.75, 3.05) is 11.9 Å². The summed E-state index contributed by atoms with van der Waals surface area (Å²) in [7, 11) is 0. The summed E-state index contributed by atoms with van der Waals surface area (Å²) in [6.45, 7) is 0.757. The molecule has 1 unspecified atom stereocenters. The second-order valence-corrected chi connectivity index (χ2v) is 8.51. The van der Waals surface area contributed by atoms with E-state index in [0.717, 1.165) is 58.7 Å². The first-order valence-corrected chi connectivity index (χ1v) is 10.6. The van der Waals surface area contributed by atoms with Crippen LogP contribution in [0.4, 0.5) is 5.69 Å². The third-order valence-electron chi connectivity index (χ3n) is 5.59. The van der Waals surface area contributed by atoms with Gasteiger partial charge in [-0.05, 0) is 61.6 Å². The van der Waals surface area contributed by atoms with Crippen LogP contribution < -0.4 is 5.32 Å². The highest BCUT2D eigenvalue weighted by Gasteiger charge is 2.33. The minimum atomic E-state index is 0.0448. The Morgan fingerprint density at radius 1 is 1.14 bits per heavy atom. The van der Waals surface area contributed by atoms with Gasteiger partial charge >= 0.3 is 0 Å². The lowest BCUT2D eigenvalue weighted by Crippen LogP contribution is -2.30. The van der Waals surface area contributed by atoms with Crippen molar-refractivity contribution in [3.8, 4) is 0 Å². The molecule has 3 heterocycles. The first-order valence-electron chi connectivity index (χ1n) is 9.78. The number of carbonyl (C=O) groups is 2. The van der Waals surface area contributed by atoms with Crippen LogP contribution in [0.3, 0.4) is 0 Å². The summed E-state index contributed by atoms with van der Waals surface area (Å²) in [5, 5.41) is 3.96. The van der Waals surface area contributed by atoms with Gasteiger partial charge in [-0.2, -0.15) is 0 Å². The average Bonchev–Trinajstić information content (AvgIpc) is 3.30. The third kappa shape index (κ3) is 3.07. The zero-order valence-electron chi connectivity index (χ0n) is 15.5. The highest BCUT2D eigenvalue weighted by molar-refractivity contribution is 7.18. The third-order valence-corrected chi connectivity index (χ3v) is 6.72. The van der Waals surface area contributed by atoms with Gasteiger partial charge in [-0.25, -0.2) is 4.98 Å². The van der Waals surface area contributed by atoms with Gasteiger partial charge in [0.15, 0.2) is 0 Å². The summed E-state index contributed by atoms with van der Waals surface area (Å²) < 4.78 is 1.16. The second kappa shape index (κ2) is 7.02. The number of fused-ring (bicyclic) bond motifs is 2. The van der Waals surface area contributed by atoms with E-state index in [9.17, 15) is 9.59 Å². The smallest absolute Gasteiger partial charge is 0.254 e. The average molecular weight is 391 g/mol. The van der Waals surface area contributed by atoms with E-state index in [1.807, 2.05) is 41.3 Å². The molecule has 3 aromatic rings. The number of carbonyl (C=O) groups excluding carboxylic acids is 2. The lowest BCUT2D eigenvalue weighted by atomic mass is 10.0. The van der Waals surface area contributed by atoms with Crippen molar-refractivity contribution in [2.24, 2.45) is 0 Å². The standard InChI is InChI=1S/C22H21N3O2S/c26-20-9-3-5-14-13-15(10-11-16(14)23-20)22(27)25-12-4-7-18(25)21-24-17-6-1-2-8-19(17)28-21/h1-2,6,8,10-11,13,18H,3-5,7,9,12H2,(H,23,26). The predicted octanol–water partition coefficient (Wildman–Crippen LogP) is 4.55. The zero-order valence-corrected chi connectivity index (χ0v) is 16.3. The van der Waals surface area contributed by atoms with Crippen molar-refractivity contribution in [3.05, 3.63) is 58.6 Å². The van der Waals surface area contributed by atoms with Crippen molar-refractivity contribution >= 4 is 39.1 Å². The Hall–Kier alpha value is -2.73. The molecule has 0 radical (unpaired) electrons. The second-order valence-electron chi connectivity index (χ2n) is 7.45. The Morgan fingerprint density at radius 2 is 2.04 bits per heavy atom. The van der Waals surface area contributed by atoms with Crippen LogP contribution in [0.5, 0.6) is 0 Å². The number of nitrogens with zero attached hydrogens (tertiary/aromatic N) is 2. The van der Waals surface area contributed by atoms with Crippen LogP contribution in [0.15, 0.2) is 42.5 Å². The number of hydrogen-bond acceptors (Lipinski definition) is 4. The van der Waals surface area contributed by atoms with Gasteiger partial charge in [0.25, 0.3) is 5.91 Å². The number of amides is 2. The molecule has 2 amide bonds. The maximum Gasteiger partial charge on any atom is 0.254 e. The van der Waals surface area contributed by atoms with E-state index < -0.39 is 0 Å². The van der Waals surface area contributed by atoms with E-state index >= 15 is 0 Å². The monoisotopic (exact) mass is 391 g/mol. The first-order chi connectivity index (χ1) is 13.7. The number of aromatic nitrogens is 1. The fourth-order valence-electron chi connectivity index (χ4n) is 4.17. The van der Waals surface area contributed by atoms with Gasteiger partial charge in [-0.15, -0.1) is 11.3 Å². The molecule has 1 aromatic heterocycles. The van der Waals surface area contributed by atoms with Gasteiger partial charge in [0.1, 0.15) is 5.01 Å². The minimum absolute atomic E-state index is 0.0448. The number of thiazole rings is 1. The topological polar surface area (TPSA) is 62.3 Å². The summed E-state index contributed by atoms with van der Waals surface area (Å²) in [4.78, 5) is 31.8. The molecule has 1 atom stereocenters. The van der Waals surface area contributed by atoms with Crippen LogP contribution >= 0.6 is 11.3 Å². The van der Waals surface area contributed by atoms with Crippen LogP contribution in [0.1, 0.15) is 52.7 Å². The van der Waals surface area contributed by atoms with E-state index in [1.54, 1.807) is 11.3 Å². The van der Waals surface area contributed by atoms with Crippen LogP contribution in [0.25, 0.3) is 10.2 Å². The van der Waals surface area contributed by atoms with Crippen molar-refractivity contribution in [3.63, 3.8) is 0 Å². The molecule has 1 fully saturated rings. The van der Waals surface area contributed by atoms with Gasteiger partial charge in [0.2, 0.25) is 5.91 Å². The Kier molecular flexibility index (Phi) is 4.36. The summed E-state index contributed by atoms with van der Waals surface area (Å²) in [5.74, 6) is 0.105. The lowest BCUT2D eigenvalue weighted by Gasteiger charge is -2.23. The van der Waals surface area contributed by atoms with Gasteiger partial charge in [-0.1, -0.05) is 12.1 Å². The van der Waals surface area contributed by atoms with Crippen molar-refractivity contribution in [1.29, 1.82) is 0 Å². The maximum atomic E-state index is 13.3. The molecule has 1 saturated heterocycles. The fourth-order valence-corrected chi connectivity index (χ4v) is 5.29. The summed E-state index contributed by atoms with van der Waals surface area (Å²) in [6, 6.07) is 13.8. The lowest BCUT2D eigenvalue weighted by molar-refractivity contribution is -0.116. The number of benzene rings is 2. The van der Waals surface area contributed by atoms with Crippen molar-refractivity contribution in [2.45, 2.75) is 38.1 Å². The molecule has 2 aromatic carbocycles. The van der Waals surface area contributed by atoms with Crippen LogP contribution in [-0.2, 0) is 11.2 Å². The van der Waals surface area contributed by atoms with Crippen LogP contribution in [0, 0.1) is 0 Å². The highest BCUT2D eigenvalue weighted by atomic mass is 32.1. The molecule has 0 aliphatic carbocycles. The van der Waals surface area contributed by atoms with E-state index in [0.29, 0.717) is 12.0 Å². The van der Waals surface area contributed by atoms with Crippen molar-refractivity contribution in [1.82, 2.24) is 9.88 Å². The van der Waals surface area contributed by atoms with Gasteiger partial charge < -0.3 is 10.2 Å². The number of likely N-dealkylation sites (tertiary alicyclic amines) is 1. The summed E-state index contributed by atoms with van der Waals surface area (Å²) >= 11 is 1.68. The van der Waals surface area contributed by atoms with Crippen LogP contribution in [-0.4, -0.2) is 28.2 Å². The van der Waals surface area contributed by atoms with Gasteiger partial charge in [-0.3, -0.25) is 9.59 Å². The summed E-state index contributed by atoms with van der Waals surface area (Å²) in [5.41, 5.74) is 3.58. The quantitative estimate of drug-likeness (QED) is 0.697. The summed E-state index contributed by atoms with van der Waals surface area (Å²) in [6.07, 6.45) is 4.11. The van der Waals surface area contributed by atoms with Gasteiger partial charge in [0.05, 0.1) is 16.3 Å². The first kappa shape index (κ1) is 17.4. The van der Waals surface area contributed by atoms with Gasteiger partial charge in [0, 0.05) is 24.2 Å². The predicted molar refractivity (Wildman–Crippen MR) is 111 cm³/mol. The molecular formula is C22H21N3O2S. The Bertz CT molecular complexity index is 1040. The molecule has 0 spiro atoms. The number of anilines is 1. The number of hydrogen-bond donors (Lipinski definition) is 1. The number of aryl methyl sites for hydroxylation is 1. The molecule has 6 heteroatoms. The molecule has 2 aliphatic heterocycles. The van der Waals surface area contributed by atoms with E-state index in [2.05, 4.69) is 11.4 Å². The minimum Gasteiger partial charge on any atom is -0.329 e. The largest absolute Gasteiger partial charge is 0.329 e.